The van der Waals surface area contributed by atoms with E-state index in [-0.39, 0.29) is 11.4 Å². The van der Waals surface area contributed by atoms with Crippen LogP contribution < -0.4 is 15.5 Å². The molecular weight excluding hydrogens is 528 g/mol. The van der Waals surface area contributed by atoms with Crippen molar-refractivity contribution in [1.29, 1.82) is 0 Å². The van der Waals surface area contributed by atoms with Crippen LogP contribution in [0.5, 0.6) is 5.75 Å². The molecule has 4 N–H and O–H groups in total. The fourth-order valence-corrected chi connectivity index (χ4v) is 4.96. The Kier molecular flexibility index (Phi) is 7.61. The number of benzene rings is 2. The van der Waals surface area contributed by atoms with Gasteiger partial charge in [-0.2, -0.15) is 0 Å². The number of nitrogens with one attached hydrogen (secondary N) is 1. The van der Waals surface area contributed by atoms with Gasteiger partial charge in [-0.15, -0.1) is 5.10 Å². The molecule has 1 aliphatic rings. The van der Waals surface area contributed by atoms with Gasteiger partial charge in [-0.1, -0.05) is 24.3 Å². The molecule has 5 rings (SSSR count). The van der Waals surface area contributed by atoms with Crippen LogP contribution in [-0.2, 0) is 9.59 Å². The lowest BCUT2D eigenvalue weighted by atomic mass is 10.0. The van der Waals surface area contributed by atoms with Gasteiger partial charge >= 0.3 is 5.97 Å². The summed E-state index contributed by atoms with van der Waals surface area (Å²) in [6, 6.07) is 13.2. The zero-order chi connectivity index (χ0) is 29.1. The largest absolute Gasteiger partial charge is 0.496 e. The predicted molar refractivity (Wildman–Crippen MR) is 154 cm³/mol. The third-order valence-corrected chi connectivity index (χ3v) is 6.89. The van der Waals surface area contributed by atoms with Gasteiger partial charge in [0.2, 0.25) is 0 Å². The number of ketones is 1. The molecule has 0 spiro atoms. The second-order valence-electron chi connectivity index (χ2n) is 9.30. The summed E-state index contributed by atoms with van der Waals surface area (Å²) >= 11 is 0. The van der Waals surface area contributed by atoms with Crippen molar-refractivity contribution in [3.05, 3.63) is 66.0 Å². The number of hydrazine groups is 1. The summed E-state index contributed by atoms with van der Waals surface area (Å²) in [6.45, 7) is 4.70. The highest BCUT2D eigenvalue weighted by Crippen LogP contribution is 2.33. The molecule has 41 heavy (non-hydrogen) atoms. The molecule has 1 saturated heterocycles. The Labute approximate surface area is 234 Å². The van der Waals surface area contributed by atoms with Crippen molar-refractivity contribution in [2.45, 2.75) is 0 Å². The molecular formula is C28H28N8O5. The van der Waals surface area contributed by atoms with Gasteiger partial charge in [-0.05, 0) is 30.3 Å². The number of Topliss-reactive ketones (excluding diaryl/α,β-unsaturated/α-hetero) is 1. The first-order valence-electron chi connectivity index (χ1n) is 12.7. The predicted octanol–water partition coefficient (Wildman–Crippen LogP) is 1.88. The number of amides is 1. The molecule has 2 aromatic heterocycles. The first kappa shape index (κ1) is 27.3. The van der Waals surface area contributed by atoms with Crippen LogP contribution in [0.2, 0.25) is 0 Å². The van der Waals surface area contributed by atoms with E-state index in [1.54, 1.807) is 18.3 Å². The molecule has 0 bridgehead atoms. The number of pyridine rings is 1. The third kappa shape index (κ3) is 5.30. The summed E-state index contributed by atoms with van der Waals surface area (Å²) in [7, 11) is 1.45. The first-order valence-corrected chi connectivity index (χ1v) is 12.7. The van der Waals surface area contributed by atoms with Gasteiger partial charge in [0.1, 0.15) is 11.6 Å². The second-order valence-corrected chi connectivity index (χ2v) is 9.30. The summed E-state index contributed by atoms with van der Waals surface area (Å²) in [4.78, 5) is 53.0. The molecule has 0 saturated carbocycles. The summed E-state index contributed by atoms with van der Waals surface area (Å²) < 4.78 is 5.49. The van der Waals surface area contributed by atoms with Gasteiger partial charge in [0.15, 0.2) is 12.4 Å². The van der Waals surface area contributed by atoms with E-state index in [2.05, 4.69) is 31.7 Å². The standard InChI is InChI=1S/C28H28N8O5/c1-30-26(33-36(29)16-22(37)38)19-7-8-21(41-2)23-20(15-32-24(19)23)25(39)28(40)35-13-11-34(12-14-35)27-18-6-4-3-5-17(18)9-10-31-27/h3-10,15,32H,1,11-14,16,29H2,2H3,(H,37,38)/b33-26-. The molecule has 13 heteroatoms. The normalized spacial score (nSPS) is 13.9. The van der Waals surface area contributed by atoms with Crippen molar-refractivity contribution in [3.63, 3.8) is 0 Å². The highest BCUT2D eigenvalue weighted by atomic mass is 16.5. The lowest BCUT2D eigenvalue weighted by Crippen LogP contribution is -2.50. The van der Waals surface area contributed by atoms with E-state index in [4.69, 9.17) is 15.7 Å². The van der Waals surface area contributed by atoms with Crippen molar-refractivity contribution < 1.29 is 24.2 Å². The maximum atomic E-state index is 13.5. The Morgan fingerprint density at radius 1 is 1.12 bits per heavy atom. The smallest absolute Gasteiger partial charge is 0.326 e. The molecule has 1 fully saturated rings. The molecule has 1 aliphatic heterocycles. The summed E-state index contributed by atoms with van der Waals surface area (Å²) in [5.74, 6) is 4.39. The number of piperazine rings is 1. The lowest BCUT2D eigenvalue weighted by Gasteiger charge is -2.35. The van der Waals surface area contributed by atoms with E-state index in [1.807, 2.05) is 30.3 Å². The maximum Gasteiger partial charge on any atom is 0.326 e. The molecule has 0 unspecified atom stereocenters. The molecule has 3 heterocycles. The SMILES string of the molecule is C=N/C(=N\N(N)CC(=O)O)c1ccc(OC)c2c(C(=O)C(=O)N3CCN(c4nccc5ccccc45)CC3)c[nH]c12. The number of nitrogens with zero attached hydrogens (tertiary/aromatic N) is 6. The minimum Gasteiger partial charge on any atom is -0.496 e. The molecule has 0 aliphatic carbocycles. The topological polar surface area (TPSA) is 170 Å². The number of carboxylic acids is 1. The number of carbonyl (C=O) groups is 3. The van der Waals surface area contributed by atoms with Crippen molar-refractivity contribution in [2.24, 2.45) is 15.9 Å². The van der Waals surface area contributed by atoms with Gasteiger partial charge in [0, 0.05) is 49.5 Å². The molecule has 1 amide bonds. The summed E-state index contributed by atoms with van der Waals surface area (Å²) in [5.41, 5.74) is 0.918. The Morgan fingerprint density at radius 2 is 1.88 bits per heavy atom. The highest BCUT2D eigenvalue weighted by molar-refractivity contribution is 6.45. The lowest BCUT2D eigenvalue weighted by molar-refractivity contribution is -0.138. The molecule has 2 aromatic carbocycles. The molecule has 210 valence electrons. The number of fused-ring (bicyclic) bond motifs is 2. The van der Waals surface area contributed by atoms with E-state index < -0.39 is 24.2 Å². The molecule has 0 radical (unpaired) electrons. The maximum absolute atomic E-state index is 13.5. The zero-order valence-corrected chi connectivity index (χ0v) is 22.3. The minimum atomic E-state index is -1.18. The average molecular weight is 557 g/mol. The number of anilines is 1. The monoisotopic (exact) mass is 556 g/mol. The van der Waals surface area contributed by atoms with Gasteiger partial charge in [-0.3, -0.25) is 14.4 Å². The van der Waals surface area contributed by atoms with Crippen molar-refractivity contribution in [3.8, 4) is 5.75 Å². The Morgan fingerprint density at radius 3 is 2.59 bits per heavy atom. The van der Waals surface area contributed by atoms with Crippen LogP contribution in [0.1, 0.15) is 15.9 Å². The highest BCUT2D eigenvalue weighted by Gasteiger charge is 2.30. The van der Waals surface area contributed by atoms with E-state index in [1.165, 1.54) is 18.2 Å². The number of aliphatic imine (C=N–C) groups is 1. The number of amidine groups is 1. The minimum absolute atomic E-state index is 0.0201. The van der Waals surface area contributed by atoms with Gasteiger partial charge in [-0.25, -0.2) is 20.9 Å². The van der Waals surface area contributed by atoms with E-state index in [0.717, 1.165) is 16.6 Å². The number of aromatic nitrogens is 2. The van der Waals surface area contributed by atoms with E-state index in [9.17, 15) is 14.4 Å². The van der Waals surface area contributed by atoms with Crippen LogP contribution in [0.4, 0.5) is 5.82 Å². The van der Waals surface area contributed by atoms with E-state index >= 15 is 0 Å². The van der Waals surface area contributed by atoms with Crippen LogP contribution in [0.15, 0.2) is 65.0 Å². The number of hydrazone groups is 1. The Bertz CT molecular complexity index is 1680. The Hall–Kier alpha value is -5.30. The summed E-state index contributed by atoms with van der Waals surface area (Å²) in [5, 5.41) is 16.2. The third-order valence-electron chi connectivity index (χ3n) is 6.89. The van der Waals surface area contributed by atoms with Crippen molar-refractivity contribution in [1.82, 2.24) is 20.0 Å². The van der Waals surface area contributed by atoms with Crippen LogP contribution in [-0.4, -0.2) is 95.1 Å². The molecule has 4 aromatic rings. The number of rotatable bonds is 8. The van der Waals surface area contributed by atoms with Crippen LogP contribution in [0.25, 0.3) is 21.7 Å². The van der Waals surface area contributed by atoms with Crippen molar-refractivity contribution >= 4 is 57.7 Å². The van der Waals surface area contributed by atoms with E-state index in [0.29, 0.717) is 53.5 Å². The number of methoxy groups -OCH3 is 1. The van der Waals surface area contributed by atoms with Crippen molar-refractivity contribution in [2.75, 3.05) is 44.7 Å². The van der Waals surface area contributed by atoms with Gasteiger partial charge < -0.3 is 24.6 Å². The van der Waals surface area contributed by atoms with Crippen LogP contribution in [0.3, 0.4) is 0 Å². The quantitative estimate of drug-likeness (QED) is 0.0732. The number of ether oxygens (including phenoxy) is 1. The molecule has 0 atom stereocenters. The molecule has 13 nitrogen and oxygen atoms in total. The number of carbonyl (C=O) groups excluding carboxylic acids is 2. The summed E-state index contributed by atoms with van der Waals surface area (Å²) in [6.07, 6.45) is 3.21. The fraction of sp³-hybridized carbons (Fsp3) is 0.214. The zero-order valence-electron chi connectivity index (χ0n) is 22.3. The van der Waals surface area contributed by atoms with Crippen LogP contribution in [0, 0.1) is 0 Å². The number of carboxylic acid groups (broad SMARTS) is 1. The number of nitrogens with two attached hydrogens (primary N) is 1. The second kappa shape index (κ2) is 11.4. The average Bonchev–Trinajstić information content (AvgIpc) is 3.44. The van der Waals surface area contributed by atoms with Gasteiger partial charge in [0.05, 0.1) is 23.6 Å². The fourth-order valence-electron chi connectivity index (χ4n) is 4.96. The van der Waals surface area contributed by atoms with Crippen LogP contribution >= 0.6 is 0 Å². The number of aromatic amines is 1. The number of hydrogen-bond donors (Lipinski definition) is 3. The first-order chi connectivity index (χ1) is 19.8. The number of aliphatic carboxylic acids is 1. The number of H-pyrrole nitrogens is 1. The van der Waals surface area contributed by atoms with Gasteiger partial charge in [0.25, 0.3) is 11.7 Å². The number of hydrogen-bond acceptors (Lipinski definition) is 9. The Balaban J connectivity index is 1.39.